The molecule has 84 valence electrons. The Morgan fingerprint density at radius 3 is 2.80 bits per heavy atom. The fraction of sp³-hybridized carbons (Fsp3) is 0.727. The molecule has 1 aromatic rings. The van der Waals surface area contributed by atoms with Crippen LogP contribution in [0.25, 0.3) is 0 Å². The van der Waals surface area contributed by atoms with Gasteiger partial charge in [0, 0.05) is 12.0 Å². The van der Waals surface area contributed by atoms with E-state index in [0.717, 1.165) is 5.69 Å². The molecule has 4 heteroatoms. The van der Waals surface area contributed by atoms with Crippen molar-refractivity contribution in [3.8, 4) is 0 Å². The van der Waals surface area contributed by atoms with Gasteiger partial charge in [-0.3, -0.25) is 0 Å². The second kappa shape index (κ2) is 4.66. The van der Waals surface area contributed by atoms with Crippen LogP contribution in [0, 0.1) is 0 Å². The molecule has 1 fully saturated rings. The molecule has 0 unspecified atom stereocenters. The third kappa shape index (κ3) is 2.31. The van der Waals surface area contributed by atoms with Gasteiger partial charge >= 0.3 is 0 Å². The van der Waals surface area contributed by atoms with Gasteiger partial charge in [-0.25, -0.2) is 4.68 Å². The first-order chi connectivity index (χ1) is 7.31. The predicted molar refractivity (Wildman–Crippen MR) is 59.6 cm³/mol. The highest BCUT2D eigenvalue weighted by molar-refractivity contribution is 5.32. The van der Waals surface area contributed by atoms with Crippen LogP contribution in [0.15, 0.2) is 6.07 Å². The Morgan fingerprint density at radius 2 is 2.13 bits per heavy atom. The van der Waals surface area contributed by atoms with Crippen molar-refractivity contribution in [2.45, 2.75) is 44.6 Å². The molecule has 1 aromatic heterocycles. The summed E-state index contributed by atoms with van der Waals surface area (Å²) in [6, 6.07) is 1.96. The third-order valence-corrected chi connectivity index (χ3v) is 3.17. The van der Waals surface area contributed by atoms with Gasteiger partial charge in [0.05, 0.1) is 18.8 Å². The van der Waals surface area contributed by atoms with E-state index >= 15 is 0 Å². The van der Waals surface area contributed by atoms with Crippen LogP contribution in [0.5, 0.6) is 0 Å². The van der Waals surface area contributed by atoms with E-state index in [2.05, 4.69) is 5.10 Å². The molecule has 0 radical (unpaired) electrons. The molecular formula is C11H19N3O. The molecule has 1 heterocycles. The maximum Gasteiger partial charge on any atom is 0.122 e. The monoisotopic (exact) mass is 209 g/mol. The van der Waals surface area contributed by atoms with Crippen molar-refractivity contribution in [2.75, 3.05) is 12.3 Å². The SMILES string of the molecule is Nc1cc(C2CCCCC2)nn1CCO. The first-order valence-corrected chi connectivity index (χ1v) is 5.75. The topological polar surface area (TPSA) is 64.1 Å². The number of hydrogen-bond donors (Lipinski definition) is 2. The maximum atomic E-state index is 8.85. The lowest BCUT2D eigenvalue weighted by molar-refractivity contribution is 0.269. The van der Waals surface area contributed by atoms with Crippen LogP contribution in [0.2, 0.25) is 0 Å². The highest BCUT2D eigenvalue weighted by Crippen LogP contribution is 2.32. The number of nitrogen functional groups attached to an aromatic ring is 1. The van der Waals surface area contributed by atoms with Gasteiger partial charge in [-0.2, -0.15) is 5.10 Å². The zero-order valence-corrected chi connectivity index (χ0v) is 9.02. The molecule has 1 saturated carbocycles. The van der Waals surface area contributed by atoms with Gasteiger partial charge in [0.2, 0.25) is 0 Å². The zero-order valence-electron chi connectivity index (χ0n) is 9.02. The van der Waals surface area contributed by atoms with E-state index in [-0.39, 0.29) is 6.61 Å². The van der Waals surface area contributed by atoms with Crippen molar-refractivity contribution >= 4 is 5.82 Å². The van der Waals surface area contributed by atoms with Gasteiger partial charge in [0.15, 0.2) is 0 Å². The summed E-state index contributed by atoms with van der Waals surface area (Å²) in [4.78, 5) is 0. The number of nitrogens with zero attached hydrogens (tertiary/aromatic N) is 2. The van der Waals surface area contributed by atoms with Crippen LogP contribution >= 0.6 is 0 Å². The van der Waals surface area contributed by atoms with Gasteiger partial charge in [-0.15, -0.1) is 0 Å². The zero-order chi connectivity index (χ0) is 10.7. The van der Waals surface area contributed by atoms with Crippen LogP contribution in [0.4, 0.5) is 5.82 Å². The molecule has 0 aliphatic heterocycles. The van der Waals surface area contributed by atoms with Gasteiger partial charge in [-0.1, -0.05) is 19.3 Å². The number of aliphatic hydroxyl groups excluding tert-OH is 1. The maximum absolute atomic E-state index is 8.85. The number of nitrogens with two attached hydrogens (primary N) is 1. The van der Waals surface area contributed by atoms with Gasteiger partial charge < -0.3 is 10.8 Å². The van der Waals surface area contributed by atoms with Gasteiger partial charge in [0.25, 0.3) is 0 Å². The van der Waals surface area contributed by atoms with E-state index in [1.165, 1.54) is 32.1 Å². The average molecular weight is 209 g/mol. The lowest BCUT2D eigenvalue weighted by atomic mass is 9.87. The van der Waals surface area contributed by atoms with Crippen molar-refractivity contribution < 1.29 is 5.11 Å². The summed E-state index contributed by atoms with van der Waals surface area (Å²) in [6.07, 6.45) is 6.42. The second-order valence-corrected chi connectivity index (χ2v) is 4.28. The molecule has 0 spiro atoms. The quantitative estimate of drug-likeness (QED) is 0.793. The largest absolute Gasteiger partial charge is 0.394 e. The van der Waals surface area contributed by atoms with Crippen molar-refractivity contribution in [3.63, 3.8) is 0 Å². The summed E-state index contributed by atoms with van der Waals surface area (Å²) in [5, 5.41) is 13.3. The summed E-state index contributed by atoms with van der Waals surface area (Å²) >= 11 is 0. The Labute approximate surface area is 90.1 Å². The van der Waals surface area contributed by atoms with Crippen LogP contribution in [-0.4, -0.2) is 21.5 Å². The first kappa shape index (κ1) is 10.5. The standard InChI is InChI=1S/C11H19N3O/c12-11-8-10(13-14(11)6-7-15)9-4-2-1-3-5-9/h8-9,15H,1-7,12H2. The molecule has 0 atom stereocenters. The van der Waals surface area contributed by atoms with Crippen molar-refractivity contribution in [3.05, 3.63) is 11.8 Å². The van der Waals surface area contributed by atoms with Crippen LogP contribution in [0.3, 0.4) is 0 Å². The lowest BCUT2D eigenvalue weighted by Crippen LogP contribution is -2.09. The minimum absolute atomic E-state index is 0.0932. The Balaban J connectivity index is 2.10. The minimum atomic E-state index is 0.0932. The van der Waals surface area contributed by atoms with Gasteiger partial charge in [-0.05, 0) is 12.8 Å². The highest BCUT2D eigenvalue weighted by atomic mass is 16.3. The molecular weight excluding hydrogens is 190 g/mol. The second-order valence-electron chi connectivity index (χ2n) is 4.28. The van der Waals surface area contributed by atoms with Crippen molar-refractivity contribution in [1.29, 1.82) is 0 Å². The van der Waals surface area contributed by atoms with Crippen molar-refractivity contribution in [1.82, 2.24) is 9.78 Å². The number of hydrogen-bond acceptors (Lipinski definition) is 3. The van der Waals surface area contributed by atoms with Crippen molar-refractivity contribution in [2.24, 2.45) is 0 Å². The van der Waals surface area contributed by atoms with E-state index < -0.39 is 0 Å². The number of rotatable bonds is 3. The van der Waals surface area contributed by atoms with E-state index in [0.29, 0.717) is 18.3 Å². The van der Waals surface area contributed by atoms with E-state index in [1.807, 2.05) is 6.07 Å². The molecule has 0 bridgehead atoms. The van der Waals surface area contributed by atoms with Crippen LogP contribution in [0.1, 0.15) is 43.7 Å². The molecule has 1 aliphatic carbocycles. The number of anilines is 1. The minimum Gasteiger partial charge on any atom is -0.394 e. The summed E-state index contributed by atoms with van der Waals surface area (Å²) in [6.45, 7) is 0.592. The predicted octanol–water partition coefficient (Wildman–Crippen LogP) is 1.51. The molecule has 0 aromatic carbocycles. The molecule has 0 amide bonds. The first-order valence-electron chi connectivity index (χ1n) is 5.75. The van der Waals surface area contributed by atoms with Crippen LogP contribution in [-0.2, 0) is 6.54 Å². The smallest absolute Gasteiger partial charge is 0.122 e. The summed E-state index contributed by atoms with van der Waals surface area (Å²) in [5.74, 6) is 1.26. The molecule has 15 heavy (non-hydrogen) atoms. The molecule has 4 nitrogen and oxygen atoms in total. The normalized spacial score (nSPS) is 18.2. The number of aromatic nitrogens is 2. The highest BCUT2D eigenvalue weighted by Gasteiger charge is 2.18. The van der Waals surface area contributed by atoms with E-state index in [9.17, 15) is 0 Å². The van der Waals surface area contributed by atoms with E-state index in [1.54, 1.807) is 4.68 Å². The Morgan fingerprint density at radius 1 is 1.40 bits per heavy atom. The molecule has 0 saturated heterocycles. The molecule has 1 aliphatic rings. The Hall–Kier alpha value is -1.03. The van der Waals surface area contributed by atoms with Gasteiger partial charge in [0.1, 0.15) is 5.82 Å². The Kier molecular flexibility index (Phi) is 3.26. The van der Waals surface area contributed by atoms with Crippen LogP contribution < -0.4 is 5.73 Å². The Bertz CT molecular complexity index is 316. The third-order valence-electron chi connectivity index (χ3n) is 3.17. The fourth-order valence-electron chi connectivity index (χ4n) is 2.32. The van der Waals surface area contributed by atoms with E-state index in [4.69, 9.17) is 10.8 Å². The molecule has 2 rings (SSSR count). The lowest BCUT2D eigenvalue weighted by Gasteiger charge is -2.19. The average Bonchev–Trinajstić information content (AvgIpc) is 2.63. The summed E-state index contributed by atoms with van der Waals surface area (Å²) in [7, 11) is 0. The summed E-state index contributed by atoms with van der Waals surface area (Å²) in [5.41, 5.74) is 6.94. The number of aliphatic hydroxyl groups is 1. The summed E-state index contributed by atoms with van der Waals surface area (Å²) < 4.78 is 1.70. The fourth-order valence-corrected chi connectivity index (χ4v) is 2.32. The molecule has 3 N–H and O–H groups in total.